The van der Waals surface area contributed by atoms with E-state index in [0.717, 1.165) is 5.56 Å². The van der Waals surface area contributed by atoms with Crippen LogP contribution in [-0.2, 0) is 13.1 Å². The maximum absolute atomic E-state index is 13.1. The Morgan fingerprint density at radius 1 is 0.913 bits per heavy atom. The van der Waals surface area contributed by atoms with Crippen LogP contribution in [0.4, 0.5) is 4.39 Å². The van der Waals surface area contributed by atoms with Gasteiger partial charge in [0.05, 0.1) is 12.8 Å². The third kappa shape index (κ3) is 3.86. The highest BCUT2D eigenvalue weighted by Crippen LogP contribution is 2.15. The van der Waals surface area contributed by atoms with Crippen molar-refractivity contribution in [3.63, 3.8) is 0 Å². The lowest BCUT2D eigenvalue weighted by atomic mass is 10.1. The van der Waals surface area contributed by atoms with Crippen molar-refractivity contribution in [2.45, 2.75) is 13.1 Å². The Hall–Kier alpha value is -2.88. The van der Waals surface area contributed by atoms with Crippen LogP contribution in [0.1, 0.15) is 21.7 Å². The van der Waals surface area contributed by atoms with E-state index in [4.69, 9.17) is 4.42 Å². The average molecular weight is 309 g/mol. The number of halogens is 1. The zero-order chi connectivity index (χ0) is 16.1. The van der Waals surface area contributed by atoms with Gasteiger partial charge in [-0.2, -0.15) is 0 Å². The van der Waals surface area contributed by atoms with Gasteiger partial charge in [-0.25, -0.2) is 4.39 Å². The summed E-state index contributed by atoms with van der Waals surface area (Å²) in [5.41, 5.74) is 1.48. The highest BCUT2D eigenvalue weighted by atomic mass is 19.1. The second kappa shape index (κ2) is 6.92. The molecule has 0 saturated heterocycles. The van der Waals surface area contributed by atoms with Crippen molar-refractivity contribution < 1.29 is 13.6 Å². The van der Waals surface area contributed by atoms with Gasteiger partial charge in [-0.3, -0.25) is 4.79 Å². The average Bonchev–Trinajstić information content (AvgIpc) is 3.09. The van der Waals surface area contributed by atoms with Crippen molar-refractivity contribution in [3.05, 3.63) is 95.7 Å². The highest BCUT2D eigenvalue weighted by Gasteiger charge is 2.17. The minimum absolute atomic E-state index is 0.0914. The van der Waals surface area contributed by atoms with Gasteiger partial charge in [0.25, 0.3) is 5.91 Å². The quantitative estimate of drug-likeness (QED) is 0.705. The molecule has 0 aliphatic rings. The molecule has 0 spiro atoms. The fourth-order valence-corrected chi connectivity index (χ4v) is 2.36. The van der Waals surface area contributed by atoms with Crippen molar-refractivity contribution in [2.75, 3.05) is 0 Å². The van der Waals surface area contributed by atoms with E-state index in [-0.39, 0.29) is 11.7 Å². The number of benzene rings is 2. The highest BCUT2D eigenvalue weighted by molar-refractivity contribution is 5.94. The molecule has 4 heteroatoms. The van der Waals surface area contributed by atoms with E-state index in [1.807, 2.05) is 24.3 Å². The van der Waals surface area contributed by atoms with E-state index in [0.29, 0.717) is 24.4 Å². The van der Waals surface area contributed by atoms with Gasteiger partial charge in [-0.1, -0.05) is 30.3 Å². The van der Waals surface area contributed by atoms with E-state index in [1.54, 1.807) is 41.5 Å². The summed E-state index contributed by atoms with van der Waals surface area (Å²) >= 11 is 0. The topological polar surface area (TPSA) is 33.5 Å². The molecule has 0 radical (unpaired) electrons. The summed E-state index contributed by atoms with van der Waals surface area (Å²) in [6, 6.07) is 18.9. The predicted molar refractivity (Wildman–Crippen MR) is 85.1 cm³/mol. The number of carbonyl (C=O) groups is 1. The van der Waals surface area contributed by atoms with Crippen molar-refractivity contribution in [1.82, 2.24) is 4.90 Å². The van der Waals surface area contributed by atoms with Gasteiger partial charge in [-0.15, -0.1) is 0 Å². The molecule has 1 heterocycles. The van der Waals surface area contributed by atoms with Crippen LogP contribution in [-0.4, -0.2) is 10.8 Å². The molecular weight excluding hydrogens is 293 g/mol. The number of rotatable bonds is 5. The fraction of sp³-hybridized carbons (Fsp3) is 0.105. The first kappa shape index (κ1) is 15.0. The van der Waals surface area contributed by atoms with Gasteiger partial charge < -0.3 is 9.32 Å². The van der Waals surface area contributed by atoms with Crippen molar-refractivity contribution in [1.29, 1.82) is 0 Å². The van der Waals surface area contributed by atoms with Gasteiger partial charge >= 0.3 is 0 Å². The van der Waals surface area contributed by atoms with Crippen LogP contribution >= 0.6 is 0 Å². The van der Waals surface area contributed by atoms with E-state index in [9.17, 15) is 9.18 Å². The number of furan rings is 1. The van der Waals surface area contributed by atoms with E-state index < -0.39 is 0 Å². The first-order valence-electron chi connectivity index (χ1n) is 7.33. The maximum atomic E-state index is 13.1. The normalized spacial score (nSPS) is 10.5. The Morgan fingerprint density at radius 3 is 2.30 bits per heavy atom. The van der Waals surface area contributed by atoms with Crippen molar-refractivity contribution in [2.24, 2.45) is 0 Å². The molecule has 116 valence electrons. The molecular formula is C19H16FNO2. The molecule has 0 bridgehead atoms. The zero-order valence-electron chi connectivity index (χ0n) is 12.5. The summed E-state index contributed by atoms with van der Waals surface area (Å²) in [6.45, 7) is 0.743. The summed E-state index contributed by atoms with van der Waals surface area (Å²) in [4.78, 5) is 14.4. The molecule has 0 aliphatic heterocycles. The molecule has 3 aromatic rings. The molecule has 0 saturated carbocycles. The summed E-state index contributed by atoms with van der Waals surface area (Å²) in [7, 11) is 0. The summed E-state index contributed by atoms with van der Waals surface area (Å²) in [6.07, 6.45) is 1.58. The predicted octanol–water partition coefficient (Wildman–Crippen LogP) is 4.26. The summed E-state index contributed by atoms with van der Waals surface area (Å²) in [5.74, 6) is 0.323. The molecule has 23 heavy (non-hydrogen) atoms. The van der Waals surface area contributed by atoms with Crippen LogP contribution in [0.2, 0.25) is 0 Å². The SMILES string of the molecule is O=C(c1ccccc1)N(Cc1ccc(F)cc1)Cc1ccco1. The van der Waals surface area contributed by atoms with Gasteiger partial charge in [0.15, 0.2) is 0 Å². The Balaban J connectivity index is 1.83. The van der Waals surface area contributed by atoms with Gasteiger partial charge in [-0.05, 0) is 42.0 Å². The van der Waals surface area contributed by atoms with Crippen LogP contribution in [0.5, 0.6) is 0 Å². The van der Waals surface area contributed by atoms with Crippen molar-refractivity contribution in [3.8, 4) is 0 Å². The summed E-state index contributed by atoms with van der Waals surface area (Å²) < 4.78 is 18.4. The Bertz CT molecular complexity index is 752. The van der Waals surface area contributed by atoms with Gasteiger partial charge in [0.2, 0.25) is 0 Å². The lowest BCUT2D eigenvalue weighted by Gasteiger charge is -2.22. The minimum atomic E-state index is -0.291. The van der Waals surface area contributed by atoms with Crippen molar-refractivity contribution >= 4 is 5.91 Å². The molecule has 2 aromatic carbocycles. The minimum Gasteiger partial charge on any atom is -0.467 e. The maximum Gasteiger partial charge on any atom is 0.254 e. The molecule has 3 nitrogen and oxygen atoms in total. The third-order valence-corrected chi connectivity index (χ3v) is 3.52. The lowest BCUT2D eigenvalue weighted by molar-refractivity contribution is 0.0717. The molecule has 0 fully saturated rings. The Kier molecular flexibility index (Phi) is 4.52. The number of hydrogen-bond acceptors (Lipinski definition) is 2. The third-order valence-electron chi connectivity index (χ3n) is 3.52. The number of carbonyl (C=O) groups excluding carboxylic acids is 1. The van der Waals surface area contributed by atoms with Crippen LogP contribution < -0.4 is 0 Å². The van der Waals surface area contributed by atoms with E-state index in [1.165, 1.54) is 12.1 Å². The number of hydrogen-bond donors (Lipinski definition) is 0. The molecule has 1 aromatic heterocycles. The standard InChI is InChI=1S/C19H16FNO2/c20-17-10-8-15(9-11-17)13-21(14-18-7-4-12-23-18)19(22)16-5-2-1-3-6-16/h1-12H,13-14H2. The molecule has 0 aliphatic carbocycles. The fourth-order valence-electron chi connectivity index (χ4n) is 2.36. The molecule has 1 amide bonds. The van der Waals surface area contributed by atoms with Crippen LogP contribution in [0.25, 0.3) is 0 Å². The first-order chi connectivity index (χ1) is 11.2. The van der Waals surface area contributed by atoms with E-state index in [2.05, 4.69) is 0 Å². The molecule has 0 unspecified atom stereocenters. The van der Waals surface area contributed by atoms with E-state index >= 15 is 0 Å². The molecule has 3 rings (SSSR count). The number of amides is 1. The molecule has 0 atom stereocenters. The summed E-state index contributed by atoms with van der Waals surface area (Å²) in [5, 5.41) is 0. The number of nitrogens with zero attached hydrogens (tertiary/aromatic N) is 1. The lowest BCUT2D eigenvalue weighted by Crippen LogP contribution is -2.30. The van der Waals surface area contributed by atoms with Gasteiger partial charge in [0, 0.05) is 12.1 Å². The molecule has 0 N–H and O–H groups in total. The second-order valence-electron chi connectivity index (χ2n) is 5.23. The Labute approximate surface area is 134 Å². The van der Waals surface area contributed by atoms with Gasteiger partial charge in [0.1, 0.15) is 11.6 Å². The zero-order valence-corrected chi connectivity index (χ0v) is 12.5. The van der Waals surface area contributed by atoms with Crippen LogP contribution in [0.15, 0.2) is 77.4 Å². The monoisotopic (exact) mass is 309 g/mol. The van der Waals surface area contributed by atoms with Crippen LogP contribution in [0.3, 0.4) is 0 Å². The second-order valence-corrected chi connectivity index (χ2v) is 5.23. The smallest absolute Gasteiger partial charge is 0.254 e. The largest absolute Gasteiger partial charge is 0.467 e. The first-order valence-corrected chi connectivity index (χ1v) is 7.33. The van der Waals surface area contributed by atoms with Crippen LogP contribution in [0, 0.1) is 5.82 Å². The Morgan fingerprint density at radius 2 is 1.65 bits per heavy atom.